The molecule has 12 heavy (non-hydrogen) atoms. The SMILES string of the molecule is O=C([O-])[O-].O=P([O-])([O-])[O-].[Ca+2].[Ca+2].[K+]. The Bertz CT molecular complexity index is 121. The average Bonchev–Trinajstić information content (AvgIpc) is 1.19. The molecule has 0 saturated heterocycles. The molecule has 0 bridgehead atoms. The Labute approximate surface area is 171 Å². The Morgan fingerprint density at radius 2 is 1.00 bits per heavy atom. The summed E-state index contributed by atoms with van der Waals surface area (Å²) >= 11 is 0. The molecule has 0 spiro atoms. The van der Waals surface area contributed by atoms with E-state index in [0.717, 1.165) is 0 Å². The summed E-state index contributed by atoms with van der Waals surface area (Å²) in [5.74, 6) is 0. The molecule has 0 heterocycles. The molecule has 0 fully saturated rings. The van der Waals surface area contributed by atoms with Crippen molar-refractivity contribution < 1.29 is 85.6 Å². The van der Waals surface area contributed by atoms with Gasteiger partial charge in [-0.15, -0.1) is 0 Å². The summed E-state index contributed by atoms with van der Waals surface area (Å²) in [6, 6.07) is 0. The quantitative estimate of drug-likeness (QED) is 0.314. The third-order valence-electron chi connectivity index (χ3n) is 0. The van der Waals surface area contributed by atoms with Crippen molar-refractivity contribution in [3.05, 3.63) is 0 Å². The van der Waals surface area contributed by atoms with Gasteiger partial charge in [-0.2, -0.15) is 7.82 Å². The van der Waals surface area contributed by atoms with Gasteiger partial charge in [0.15, 0.2) is 0 Å². The summed E-state index contributed by atoms with van der Waals surface area (Å²) in [7, 11) is -5.39. The molecule has 7 nitrogen and oxygen atoms in total. The molecule has 0 rings (SSSR count). The summed E-state index contributed by atoms with van der Waals surface area (Å²) in [5, 5.41) is 16.7. The molecule has 0 aromatic rings. The molecular weight excluding hydrogens is 274 g/mol. The minimum absolute atomic E-state index is 0. The molecule has 0 aliphatic rings. The van der Waals surface area contributed by atoms with E-state index >= 15 is 0 Å². The van der Waals surface area contributed by atoms with Crippen LogP contribution < -0.4 is 76.3 Å². The van der Waals surface area contributed by atoms with Crippen molar-refractivity contribution in [1.82, 2.24) is 0 Å². The van der Waals surface area contributed by atoms with Crippen LogP contribution in [0.1, 0.15) is 0 Å². The molecule has 0 amide bonds. The van der Waals surface area contributed by atoms with Crippen LogP contribution in [-0.4, -0.2) is 81.6 Å². The molecule has 0 atom stereocenters. The van der Waals surface area contributed by atoms with Gasteiger partial charge in [0.2, 0.25) is 0 Å². The molecule has 0 aromatic heterocycles. The average molecular weight is 274 g/mol. The summed E-state index contributed by atoms with van der Waals surface area (Å²) in [6.45, 7) is 0. The van der Waals surface area contributed by atoms with E-state index in [1.807, 2.05) is 0 Å². The van der Waals surface area contributed by atoms with Crippen molar-refractivity contribution in [3.8, 4) is 0 Å². The van der Waals surface area contributed by atoms with Gasteiger partial charge in [0.05, 0.1) is 0 Å². The fraction of sp³-hybridized carbons (Fsp3) is 0. The predicted molar refractivity (Wildman–Crippen MR) is 24.5 cm³/mol. The van der Waals surface area contributed by atoms with Gasteiger partial charge in [-0.05, 0) is 6.16 Å². The van der Waals surface area contributed by atoms with E-state index in [2.05, 4.69) is 0 Å². The molecule has 0 radical (unpaired) electrons. The van der Waals surface area contributed by atoms with Crippen molar-refractivity contribution in [1.29, 1.82) is 0 Å². The van der Waals surface area contributed by atoms with Gasteiger partial charge < -0.3 is 34.3 Å². The first kappa shape index (κ1) is 29.6. The third-order valence-corrected chi connectivity index (χ3v) is 0. The maximum atomic E-state index is 8.55. The largest absolute Gasteiger partial charge is 2.00 e. The van der Waals surface area contributed by atoms with E-state index in [1.54, 1.807) is 0 Å². The van der Waals surface area contributed by atoms with Crippen LogP contribution in [0.5, 0.6) is 0 Å². The first-order valence-electron chi connectivity index (χ1n) is 1.34. The van der Waals surface area contributed by atoms with Crippen LogP contribution in [-0.2, 0) is 4.57 Å². The number of hydrogen-bond acceptors (Lipinski definition) is 7. The fourth-order valence-electron chi connectivity index (χ4n) is 0. The second kappa shape index (κ2) is 16.9. The zero-order valence-corrected chi connectivity index (χ0v) is 14.7. The van der Waals surface area contributed by atoms with Crippen LogP contribution in [0.3, 0.4) is 0 Å². The van der Waals surface area contributed by atoms with Crippen molar-refractivity contribution in [2.24, 2.45) is 0 Å². The van der Waals surface area contributed by atoms with Crippen LogP contribution in [0.4, 0.5) is 4.79 Å². The monoisotopic (exact) mass is 274 g/mol. The Hall–Kier alpha value is 3.54. The molecule has 0 aromatic carbocycles. The number of rotatable bonds is 0. The van der Waals surface area contributed by atoms with E-state index in [-0.39, 0.29) is 127 Å². The van der Waals surface area contributed by atoms with E-state index in [9.17, 15) is 0 Å². The molecule has 11 heteroatoms. The minimum Gasteiger partial charge on any atom is -0.822 e. The maximum Gasteiger partial charge on any atom is 2.00 e. The zero-order valence-electron chi connectivity index (χ0n) is 6.22. The normalized spacial score (nSPS) is 6.92. The van der Waals surface area contributed by atoms with E-state index in [4.69, 9.17) is 34.3 Å². The number of phosphoric acid groups is 1. The van der Waals surface area contributed by atoms with E-state index in [0.29, 0.717) is 0 Å². The number of carbonyl (C=O) groups is 1. The fourth-order valence-corrected chi connectivity index (χ4v) is 0. The Kier molecular flexibility index (Phi) is 41.8. The maximum absolute atomic E-state index is 8.55. The van der Waals surface area contributed by atoms with Gasteiger partial charge in [-0.3, -0.25) is 0 Å². The minimum atomic E-state index is -5.39. The number of hydrogen-bond donors (Lipinski definition) is 0. The smallest absolute Gasteiger partial charge is 0.822 e. The van der Waals surface area contributed by atoms with Crippen molar-refractivity contribution in [2.75, 3.05) is 0 Å². The first-order valence-corrected chi connectivity index (χ1v) is 2.80. The number of carbonyl (C=O) groups excluding carboxylic acids is 1. The summed E-state index contributed by atoms with van der Waals surface area (Å²) in [4.78, 5) is 34.0. The van der Waals surface area contributed by atoms with Gasteiger partial charge in [0, 0.05) is 0 Å². The van der Waals surface area contributed by atoms with Crippen molar-refractivity contribution >= 4 is 89.5 Å². The van der Waals surface area contributed by atoms with Crippen molar-refractivity contribution in [2.45, 2.75) is 0 Å². The summed E-state index contributed by atoms with van der Waals surface area (Å²) in [5.41, 5.74) is 0. The van der Waals surface area contributed by atoms with Crippen LogP contribution in [0.2, 0.25) is 0 Å². The number of carboxylic acid groups (broad SMARTS) is 2. The zero-order chi connectivity index (χ0) is 8.08. The molecule has 0 N–H and O–H groups in total. The van der Waals surface area contributed by atoms with E-state index < -0.39 is 14.0 Å². The topological polar surface area (TPSA) is 149 Å². The van der Waals surface area contributed by atoms with Crippen LogP contribution in [0, 0.1) is 0 Å². The van der Waals surface area contributed by atoms with E-state index in [1.165, 1.54) is 0 Å². The van der Waals surface area contributed by atoms with Gasteiger partial charge in [-0.1, -0.05) is 0 Å². The third kappa shape index (κ3) is 170. The first-order chi connectivity index (χ1) is 3.73. The predicted octanol–water partition coefficient (Wildman–Crippen LogP) is -9.03. The Balaban J connectivity index is -0.0000000221. The summed E-state index contributed by atoms with van der Waals surface area (Å²) in [6.07, 6.45) is -2.33. The van der Waals surface area contributed by atoms with Gasteiger partial charge in [0.1, 0.15) is 0 Å². The Morgan fingerprint density at radius 1 is 1.00 bits per heavy atom. The molecule has 56 valence electrons. The second-order valence-electron chi connectivity index (χ2n) is 0.697. The molecule has 0 saturated carbocycles. The van der Waals surface area contributed by atoms with Gasteiger partial charge in [-0.25, -0.2) is 0 Å². The van der Waals surface area contributed by atoms with Crippen LogP contribution in [0.25, 0.3) is 0 Å². The Morgan fingerprint density at radius 3 is 1.00 bits per heavy atom. The molecule has 0 unspecified atom stereocenters. The second-order valence-corrected chi connectivity index (χ2v) is 1.59. The molecule has 0 aliphatic heterocycles. The van der Waals surface area contributed by atoms with Gasteiger partial charge in [0.25, 0.3) is 0 Å². The standard InChI is InChI=1S/CH2O3.2Ca.K.H3O4P/c2-1(3)4;;;;1-5(2,3)4/h(H2,2,3,4);;;;(H3,1,2,3,4)/q;2*+2;+1;/p-5. The summed E-state index contributed by atoms with van der Waals surface area (Å²) < 4.78 is 8.55. The van der Waals surface area contributed by atoms with Crippen LogP contribution >= 0.6 is 7.82 Å². The van der Waals surface area contributed by atoms with Crippen molar-refractivity contribution in [3.63, 3.8) is 0 Å². The molecular formula is CCa2KO7P. The molecule has 0 aliphatic carbocycles. The van der Waals surface area contributed by atoms with Gasteiger partial charge >= 0.3 is 127 Å². The van der Waals surface area contributed by atoms with Crippen LogP contribution in [0.15, 0.2) is 0 Å².